The average Bonchev–Trinajstić information content (AvgIpc) is 1.86. The number of rotatable bonds is 3. The van der Waals surface area contributed by atoms with E-state index in [1.807, 2.05) is 0 Å². The quantitative estimate of drug-likeness (QED) is 0.504. The van der Waals surface area contributed by atoms with Crippen molar-refractivity contribution in [2.24, 2.45) is 5.41 Å². The van der Waals surface area contributed by atoms with E-state index >= 15 is 0 Å². The third kappa shape index (κ3) is 3.73. The zero-order valence-corrected chi connectivity index (χ0v) is 7.89. The monoisotopic (exact) mass is 174 g/mol. The molecule has 0 heterocycles. The van der Waals surface area contributed by atoms with Crippen LogP contribution in [0.3, 0.4) is 0 Å². The highest BCUT2D eigenvalue weighted by Crippen LogP contribution is 2.29. The Labute approximate surface area is 69.3 Å². The maximum Gasteiger partial charge on any atom is 0.315 e. The minimum absolute atomic E-state index is 0.227. The van der Waals surface area contributed by atoms with E-state index < -0.39 is 19.4 Å². The lowest BCUT2D eigenvalue weighted by Crippen LogP contribution is -2.29. The molecule has 0 aliphatic carbocycles. The number of aliphatic hydroxyl groups excluding tert-OH is 1. The Morgan fingerprint density at radius 3 is 2.45 bits per heavy atom. The molecular formula is C6H12BO3P. The highest BCUT2D eigenvalue weighted by molar-refractivity contribution is 7.77. The molecule has 1 atom stereocenters. The predicted octanol–water partition coefficient (Wildman–Crippen LogP) is 0.658. The maximum absolute atomic E-state index is 11.1. The van der Waals surface area contributed by atoms with Crippen molar-refractivity contribution < 1.29 is 14.4 Å². The van der Waals surface area contributed by atoms with E-state index in [9.17, 15) is 4.79 Å². The molecule has 11 heavy (non-hydrogen) atoms. The van der Waals surface area contributed by atoms with Gasteiger partial charge in [0.2, 0.25) is 0 Å². The molecule has 0 fully saturated rings. The highest BCUT2D eigenvalue weighted by atomic mass is 31.1. The maximum atomic E-state index is 11.1. The van der Waals surface area contributed by atoms with Gasteiger partial charge in [-0.2, -0.15) is 0 Å². The highest BCUT2D eigenvalue weighted by Gasteiger charge is 2.28. The molecule has 0 saturated heterocycles. The van der Waals surface area contributed by atoms with Gasteiger partial charge in [-0.1, -0.05) is 0 Å². The van der Waals surface area contributed by atoms with Crippen LogP contribution in [0, 0.1) is 5.41 Å². The molecule has 0 rings (SSSR count). The third-order valence-corrected chi connectivity index (χ3v) is 1.63. The van der Waals surface area contributed by atoms with Gasteiger partial charge >= 0.3 is 5.97 Å². The first-order valence-electron chi connectivity index (χ1n) is 3.22. The van der Waals surface area contributed by atoms with E-state index in [-0.39, 0.29) is 6.61 Å². The van der Waals surface area contributed by atoms with Gasteiger partial charge in [0, 0.05) is 8.03 Å². The number of carbonyl (C=O) groups is 1. The normalized spacial score (nSPS) is 14.2. The fourth-order valence-electron chi connectivity index (χ4n) is 0.319. The van der Waals surface area contributed by atoms with Crippen molar-refractivity contribution in [1.82, 2.24) is 0 Å². The number of hydrogen-bond acceptors (Lipinski definition) is 3. The third-order valence-electron chi connectivity index (χ3n) is 1.17. The van der Waals surface area contributed by atoms with Crippen molar-refractivity contribution in [3.05, 3.63) is 0 Å². The number of hydrogen-bond donors (Lipinski definition) is 1. The minimum Gasteiger partial charge on any atom is -0.457 e. The molecular weight excluding hydrogens is 162 g/mol. The zero-order chi connectivity index (χ0) is 9.07. The standard InChI is InChI=1S/C6H12BO3P/c1-6(2,4-8)5(9)10-11(3)7/h8H,4H2,1-3H3. The molecule has 0 aliphatic heterocycles. The summed E-state index contributed by atoms with van der Waals surface area (Å²) >= 11 is 0. The summed E-state index contributed by atoms with van der Waals surface area (Å²) in [6.45, 7) is 4.61. The van der Waals surface area contributed by atoms with Crippen LogP contribution in [0.4, 0.5) is 0 Å². The number of aliphatic hydroxyl groups is 1. The van der Waals surface area contributed by atoms with E-state index in [1.54, 1.807) is 20.5 Å². The fourth-order valence-corrected chi connectivity index (χ4v) is 0.828. The van der Waals surface area contributed by atoms with E-state index in [1.165, 1.54) is 0 Å². The Balaban J connectivity index is 4.02. The smallest absolute Gasteiger partial charge is 0.315 e. The molecule has 0 aromatic rings. The molecule has 0 aliphatic rings. The summed E-state index contributed by atoms with van der Waals surface area (Å²) in [5.41, 5.74) is -0.837. The SMILES string of the molecule is [B]P(C)OC(=O)C(C)(C)CO. The first-order chi connectivity index (χ1) is 4.90. The Morgan fingerprint density at radius 1 is 1.73 bits per heavy atom. The summed E-state index contributed by atoms with van der Waals surface area (Å²) in [7, 11) is 4.11. The van der Waals surface area contributed by atoms with Crippen molar-refractivity contribution in [2.75, 3.05) is 13.3 Å². The second kappa shape index (κ2) is 4.08. The van der Waals surface area contributed by atoms with Gasteiger partial charge in [0.15, 0.2) is 7.57 Å². The minimum atomic E-state index is -1.17. The van der Waals surface area contributed by atoms with Gasteiger partial charge in [-0.05, 0) is 20.5 Å². The Kier molecular flexibility index (Phi) is 4.05. The van der Waals surface area contributed by atoms with Crippen LogP contribution in [0.15, 0.2) is 0 Å². The Bertz CT molecular complexity index is 147. The van der Waals surface area contributed by atoms with Crippen LogP contribution in [0.2, 0.25) is 0 Å². The summed E-state index contributed by atoms with van der Waals surface area (Å²) in [4.78, 5) is 11.1. The lowest BCUT2D eigenvalue weighted by atomic mass is 9.96. The van der Waals surface area contributed by atoms with Crippen molar-refractivity contribution >= 4 is 21.6 Å². The topological polar surface area (TPSA) is 46.5 Å². The fraction of sp³-hybridized carbons (Fsp3) is 0.833. The van der Waals surface area contributed by atoms with Gasteiger partial charge < -0.3 is 9.63 Å². The molecule has 0 aromatic carbocycles. The molecule has 5 heteroatoms. The molecule has 0 spiro atoms. The summed E-state index contributed by atoms with van der Waals surface area (Å²) < 4.78 is 4.75. The van der Waals surface area contributed by atoms with Gasteiger partial charge in [0.25, 0.3) is 0 Å². The summed E-state index contributed by atoms with van der Waals surface area (Å²) in [5, 5.41) is 8.74. The second-order valence-electron chi connectivity index (χ2n) is 2.97. The summed E-state index contributed by atoms with van der Waals surface area (Å²) in [6.07, 6.45) is 0. The number of carbonyl (C=O) groups excluding carboxylic acids is 1. The molecule has 1 N–H and O–H groups in total. The van der Waals surface area contributed by atoms with Gasteiger partial charge in [0.05, 0.1) is 12.0 Å². The van der Waals surface area contributed by atoms with Crippen LogP contribution in [0.1, 0.15) is 13.8 Å². The average molecular weight is 174 g/mol. The van der Waals surface area contributed by atoms with Crippen molar-refractivity contribution in [1.29, 1.82) is 0 Å². The first-order valence-corrected chi connectivity index (χ1v) is 4.99. The van der Waals surface area contributed by atoms with Crippen LogP contribution in [-0.4, -0.2) is 31.9 Å². The largest absolute Gasteiger partial charge is 0.457 e. The summed E-state index contributed by atoms with van der Waals surface area (Å²) in [5.74, 6) is -0.448. The van der Waals surface area contributed by atoms with Crippen LogP contribution < -0.4 is 0 Å². The van der Waals surface area contributed by atoms with Crippen LogP contribution >= 0.6 is 8.03 Å². The van der Waals surface area contributed by atoms with Crippen LogP contribution in [0.25, 0.3) is 0 Å². The molecule has 3 nitrogen and oxygen atoms in total. The zero-order valence-electron chi connectivity index (χ0n) is 7.00. The van der Waals surface area contributed by atoms with Gasteiger partial charge in [0.1, 0.15) is 0 Å². The van der Waals surface area contributed by atoms with E-state index in [0.29, 0.717) is 0 Å². The van der Waals surface area contributed by atoms with Gasteiger partial charge in [-0.15, -0.1) is 0 Å². The van der Waals surface area contributed by atoms with E-state index in [0.717, 1.165) is 0 Å². The molecule has 1 unspecified atom stereocenters. The van der Waals surface area contributed by atoms with Crippen LogP contribution in [-0.2, 0) is 9.32 Å². The lowest BCUT2D eigenvalue weighted by molar-refractivity contribution is -0.145. The van der Waals surface area contributed by atoms with E-state index in [2.05, 4.69) is 0 Å². The van der Waals surface area contributed by atoms with Crippen molar-refractivity contribution in [3.63, 3.8) is 0 Å². The van der Waals surface area contributed by atoms with Crippen LogP contribution in [0.5, 0.6) is 0 Å². The van der Waals surface area contributed by atoms with Gasteiger partial charge in [-0.25, -0.2) is 0 Å². The Morgan fingerprint density at radius 2 is 2.18 bits per heavy atom. The lowest BCUT2D eigenvalue weighted by Gasteiger charge is -2.21. The molecule has 0 amide bonds. The molecule has 0 saturated carbocycles. The van der Waals surface area contributed by atoms with Crippen molar-refractivity contribution in [2.45, 2.75) is 13.8 Å². The Hall–Kier alpha value is -0.0751. The van der Waals surface area contributed by atoms with Crippen molar-refractivity contribution in [3.8, 4) is 0 Å². The molecule has 0 bridgehead atoms. The molecule has 2 radical (unpaired) electrons. The molecule has 0 aromatic heterocycles. The molecule has 62 valence electrons. The predicted molar refractivity (Wildman–Crippen MR) is 45.6 cm³/mol. The first kappa shape index (κ1) is 10.9. The van der Waals surface area contributed by atoms with E-state index in [4.69, 9.17) is 17.2 Å². The summed E-state index contributed by atoms with van der Waals surface area (Å²) in [6, 6.07) is 0. The second-order valence-corrected chi connectivity index (χ2v) is 4.24. The van der Waals surface area contributed by atoms with Gasteiger partial charge in [-0.3, -0.25) is 4.79 Å².